The molecule has 0 saturated carbocycles. The van der Waals surface area contributed by atoms with E-state index in [2.05, 4.69) is 23.4 Å². The first-order chi connectivity index (χ1) is 13.8. The predicted molar refractivity (Wildman–Crippen MR) is 116 cm³/mol. The molecule has 0 radical (unpaired) electrons. The number of imidazole rings is 1. The van der Waals surface area contributed by atoms with Crippen LogP contribution >= 0.6 is 35.0 Å². The van der Waals surface area contributed by atoms with Gasteiger partial charge in [-0.25, -0.2) is 4.98 Å². The van der Waals surface area contributed by atoms with Gasteiger partial charge in [0.05, 0.1) is 18.7 Å². The monoisotopic (exact) mass is 449 g/mol. The first-order valence-electron chi connectivity index (χ1n) is 9.17. The molecule has 3 rings (SSSR count). The second kappa shape index (κ2) is 9.65. The Morgan fingerprint density at radius 2 is 1.97 bits per heavy atom. The van der Waals surface area contributed by atoms with Gasteiger partial charge in [0.25, 0.3) is 0 Å². The molecule has 1 N–H and O–H groups in total. The summed E-state index contributed by atoms with van der Waals surface area (Å²) in [6.45, 7) is 4.71. The predicted octanol–water partition coefficient (Wildman–Crippen LogP) is 5.93. The van der Waals surface area contributed by atoms with Crippen LogP contribution in [-0.2, 0) is 17.8 Å². The molecule has 0 aliphatic carbocycles. The normalized spacial score (nSPS) is 11.2. The van der Waals surface area contributed by atoms with Gasteiger partial charge in [0.2, 0.25) is 0 Å². The van der Waals surface area contributed by atoms with Crippen molar-refractivity contribution in [3.63, 3.8) is 0 Å². The quantitative estimate of drug-likeness (QED) is 0.461. The molecule has 29 heavy (non-hydrogen) atoms. The van der Waals surface area contributed by atoms with E-state index < -0.39 is 5.97 Å². The third-order valence-electron chi connectivity index (χ3n) is 4.25. The van der Waals surface area contributed by atoms with Crippen molar-refractivity contribution >= 4 is 40.9 Å². The number of halogens is 2. The van der Waals surface area contributed by atoms with E-state index in [1.54, 1.807) is 18.5 Å². The number of hydrogen-bond acceptors (Lipinski definition) is 4. The lowest BCUT2D eigenvalue weighted by Gasteiger charge is -2.13. The number of aryl methyl sites for hydroxylation is 1. The molecule has 0 saturated heterocycles. The Balaban J connectivity index is 2.08. The van der Waals surface area contributed by atoms with Gasteiger partial charge in [-0.05, 0) is 35.7 Å². The van der Waals surface area contributed by atoms with Crippen molar-refractivity contribution < 1.29 is 9.90 Å². The lowest BCUT2D eigenvalue weighted by molar-refractivity contribution is -0.137. The molecule has 0 bridgehead atoms. The fourth-order valence-corrected chi connectivity index (χ4v) is 4.85. The molecular weight excluding hydrogens is 429 g/mol. The van der Waals surface area contributed by atoms with Crippen molar-refractivity contribution in [2.45, 2.75) is 49.1 Å². The first-order valence-corrected chi connectivity index (χ1v) is 10.7. The zero-order valence-corrected chi connectivity index (χ0v) is 18.4. The molecule has 0 amide bonds. The second-order valence-corrected chi connectivity index (χ2v) is 8.86. The fraction of sp³-hybridized carbons (Fsp3) is 0.286. The summed E-state index contributed by atoms with van der Waals surface area (Å²) in [6, 6.07) is 9.30. The summed E-state index contributed by atoms with van der Waals surface area (Å²) in [6.07, 6.45) is 3.91. The van der Waals surface area contributed by atoms with Crippen LogP contribution in [0.4, 0.5) is 0 Å². The van der Waals surface area contributed by atoms with E-state index in [0.717, 1.165) is 27.0 Å². The highest BCUT2D eigenvalue weighted by molar-refractivity contribution is 7.99. The van der Waals surface area contributed by atoms with E-state index in [1.807, 2.05) is 24.3 Å². The summed E-state index contributed by atoms with van der Waals surface area (Å²) in [7, 11) is 0. The van der Waals surface area contributed by atoms with Crippen LogP contribution in [0.25, 0.3) is 0 Å². The molecule has 5 nitrogen and oxygen atoms in total. The van der Waals surface area contributed by atoms with Gasteiger partial charge in [0.1, 0.15) is 10.9 Å². The molecule has 1 aromatic carbocycles. The minimum Gasteiger partial charge on any atom is -0.481 e. The zero-order chi connectivity index (χ0) is 21.0. The van der Waals surface area contributed by atoms with E-state index in [4.69, 9.17) is 33.3 Å². The minimum atomic E-state index is -0.845. The lowest BCUT2D eigenvalue weighted by Crippen LogP contribution is -2.09. The highest BCUT2D eigenvalue weighted by atomic mass is 35.5. The molecule has 2 aromatic heterocycles. The largest absolute Gasteiger partial charge is 0.481 e. The Kier molecular flexibility index (Phi) is 7.22. The van der Waals surface area contributed by atoms with Gasteiger partial charge >= 0.3 is 5.97 Å². The molecule has 0 spiro atoms. The van der Waals surface area contributed by atoms with Crippen molar-refractivity contribution in [1.82, 2.24) is 14.5 Å². The number of nitrogens with zero attached hydrogens (tertiary/aromatic N) is 3. The van der Waals surface area contributed by atoms with Crippen LogP contribution in [0.5, 0.6) is 0 Å². The third-order valence-corrected chi connectivity index (χ3v) is 5.78. The van der Waals surface area contributed by atoms with Gasteiger partial charge in [-0.2, -0.15) is 0 Å². The van der Waals surface area contributed by atoms with Crippen molar-refractivity contribution in [3.8, 4) is 0 Å². The van der Waals surface area contributed by atoms with E-state index in [0.29, 0.717) is 23.0 Å². The Morgan fingerprint density at radius 1 is 1.24 bits per heavy atom. The molecule has 0 aliphatic heterocycles. The summed E-state index contributed by atoms with van der Waals surface area (Å²) in [4.78, 5) is 21.1. The SMILES string of the molecule is CC(C)c1nc(CCC(=O)O)n(Cc2cccnc2)c1Sc1cc(Cl)cc(Cl)c1. The topological polar surface area (TPSA) is 68.0 Å². The number of hydrogen-bond donors (Lipinski definition) is 1. The third kappa shape index (κ3) is 5.75. The van der Waals surface area contributed by atoms with Crippen molar-refractivity contribution in [3.05, 3.63) is 69.9 Å². The van der Waals surface area contributed by atoms with Crippen molar-refractivity contribution in [1.29, 1.82) is 0 Å². The van der Waals surface area contributed by atoms with Crippen LogP contribution in [0.15, 0.2) is 52.6 Å². The maximum absolute atomic E-state index is 11.2. The summed E-state index contributed by atoms with van der Waals surface area (Å²) in [5.41, 5.74) is 1.94. The average Bonchev–Trinajstić information content (AvgIpc) is 2.97. The number of carbonyl (C=O) groups is 1. The van der Waals surface area contributed by atoms with Gasteiger partial charge in [-0.3, -0.25) is 9.78 Å². The molecule has 2 heterocycles. The summed E-state index contributed by atoms with van der Waals surface area (Å²) < 4.78 is 2.08. The number of benzene rings is 1. The standard InChI is InChI=1S/C21H21Cl2N3O2S/c1-13(2)20-21(29-17-9-15(22)8-16(23)10-17)26(12-14-4-3-7-24-11-14)18(25-20)5-6-19(27)28/h3-4,7-11,13H,5-6,12H2,1-2H3,(H,27,28). The van der Waals surface area contributed by atoms with E-state index >= 15 is 0 Å². The lowest BCUT2D eigenvalue weighted by atomic mass is 10.1. The number of carboxylic acid groups (broad SMARTS) is 1. The molecule has 0 fully saturated rings. The zero-order valence-electron chi connectivity index (χ0n) is 16.1. The van der Waals surface area contributed by atoms with Crippen LogP contribution in [0.3, 0.4) is 0 Å². The van der Waals surface area contributed by atoms with Gasteiger partial charge in [-0.15, -0.1) is 0 Å². The Hall–Kier alpha value is -2.02. The first kappa shape index (κ1) is 21.7. The Morgan fingerprint density at radius 3 is 2.55 bits per heavy atom. The summed E-state index contributed by atoms with van der Waals surface area (Å²) in [5, 5.41) is 11.2. The molecule has 152 valence electrons. The second-order valence-electron chi connectivity index (χ2n) is 6.92. The molecule has 0 aliphatic rings. The van der Waals surface area contributed by atoms with Crippen LogP contribution in [0.2, 0.25) is 10.0 Å². The highest BCUT2D eigenvalue weighted by Gasteiger charge is 2.21. The highest BCUT2D eigenvalue weighted by Crippen LogP contribution is 2.37. The number of pyridine rings is 1. The molecular formula is C21H21Cl2N3O2S. The van der Waals surface area contributed by atoms with Crippen LogP contribution in [0.1, 0.15) is 43.3 Å². The van der Waals surface area contributed by atoms with Crippen LogP contribution < -0.4 is 0 Å². The Bertz CT molecular complexity index is 986. The van der Waals surface area contributed by atoms with Crippen molar-refractivity contribution in [2.24, 2.45) is 0 Å². The van der Waals surface area contributed by atoms with Gasteiger partial charge in [-0.1, -0.05) is 54.9 Å². The number of aromatic nitrogens is 3. The fourth-order valence-electron chi connectivity index (χ4n) is 2.93. The van der Waals surface area contributed by atoms with E-state index in [-0.39, 0.29) is 12.3 Å². The average molecular weight is 450 g/mol. The number of aliphatic carboxylic acids is 1. The van der Waals surface area contributed by atoms with Crippen molar-refractivity contribution in [2.75, 3.05) is 0 Å². The smallest absolute Gasteiger partial charge is 0.303 e. The van der Waals surface area contributed by atoms with Gasteiger partial charge in [0, 0.05) is 33.8 Å². The van der Waals surface area contributed by atoms with Gasteiger partial charge in [0.15, 0.2) is 0 Å². The molecule has 0 unspecified atom stereocenters. The number of rotatable bonds is 8. The van der Waals surface area contributed by atoms with E-state index in [9.17, 15) is 4.79 Å². The molecule has 3 aromatic rings. The maximum atomic E-state index is 11.2. The minimum absolute atomic E-state index is 0.0225. The number of carboxylic acids is 1. The molecule has 0 atom stereocenters. The van der Waals surface area contributed by atoms with Crippen LogP contribution in [0, 0.1) is 0 Å². The van der Waals surface area contributed by atoms with E-state index in [1.165, 1.54) is 11.8 Å². The Labute approximate surface area is 184 Å². The summed E-state index contributed by atoms with van der Waals surface area (Å²) in [5.74, 6) is 0.0734. The molecule has 8 heteroatoms. The summed E-state index contributed by atoms with van der Waals surface area (Å²) >= 11 is 13.9. The van der Waals surface area contributed by atoms with Gasteiger partial charge < -0.3 is 9.67 Å². The maximum Gasteiger partial charge on any atom is 0.303 e. The van der Waals surface area contributed by atoms with Crippen LogP contribution in [-0.4, -0.2) is 25.6 Å².